The van der Waals surface area contributed by atoms with Crippen molar-refractivity contribution in [2.75, 3.05) is 0 Å². The fourth-order valence-electron chi connectivity index (χ4n) is 1.76. The smallest absolute Gasteiger partial charge is 0.138 e. The molecule has 1 saturated carbocycles. The van der Waals surface area contributed by atoms with E-state index in [0.29, 0.717) is 5.02 Å². The van der Waals surface area contributed by atoms with Gasteiger partial charge in [0, 0.05) is 21.7 Å². The van der Waals surface area contributed by atoms with Gasteiger partial charge in [0.2, 0.25) is 0 Å². The van der Waals surface area contributed by atoms with E-state index in [1.807, 2.05) is 18.2 Å². The summed E-state index contributed by atoms with van der Waals surface area (Å²) in [4.78, 5) is 0. The van der Waals surface area contributed by atoms with Crippen molar-refractivity contribution in [1.82, 2.24) is 0 Å². The molecule has 1 aromatic rings. The van der Waals surface area contributed by atoms with E-state index in [-0.39, 0.29) is 16.9 Å². The number of halogens is 3. The van der Waals surface area contributed by atoms with Gasteiger partial charge in [-0.05, 0) is 18.2 Å². The zero-order chi connectivity index (χ0) is 11.9. The Morgan fingerprint density at radius 1 is 1.44 bits per heavy atom. The van der Waals surface area contributed by atoms with Crippen molar-refractivity contribution < 1.29 is 4.74 Å². The summed E-state index contributed by atoms with van der Waals surface area (Å²) in [5.41, 5.74) is 0.0119. The van der Waals surface area contributed by atoms with Crippen LogP contribution in [0.1, 0.15) is 20.3 Å². The Kier molecular flexibility index (Phi) is 3.44. The molecule has 1 nitrogen and oxygen atoms in total. The first-order valence-corrected chi connectivity index (χ1v) is 6.78. The van der Waals surface area contributed by atoms with Crippen LogP contribution in [-0.4, -0.2) is 11.5 Å². The Morgan fingerprint density at radius 2 is 2.12 bits per heavy atom. The number of benzene rings is 1. The summed E-state index contributed by atoms with van der Waals surface area (Å²) in [6.45, 7) is 4.23. The molecule has 0 bridgehead atoms. The Bertz CT molecular complexity index is 406. The molecule has 0 aliphatic heterocycles. The lowest BCUT2D eigenvalue weighted by atomic mass is 9.68. The van der Waals surface area contributed by atoms with Crippen LogP contribution in [0.2, 0.25) is 5.02 Å². The zero-order valence-electron chi connectivity index (χ0n) is 9.14. The summed E-state index contributed by atoms with van der Waals surface area (Å²) >= 11 is 15.6. The molecule has 1 fully saturated rings. The third kappa shape index (κ3) is 2.20. The Hall–Kier alpha value is 0.0800. The Labute approximate surface area is 114 Å². The standard InChI is InChI=1S/C12H13BrCl2O/c1-12(2)10(15)6-11(12)16-9-4-3-7(13)5-8(9)14/h3-5,10-11H,6H2,1-2H3. The highest BCUT2D eigenvalue weighted by Crippen LogP contribution is 2.47. The van der Waals surface area contributed by atoms with Gasteiger partial charge in [-0.2, -0.15) is 0 Å². The van der Waals surface area contributed by atoms with Crippen molar-refractivity contribution in [3.63, 3.8) is 0 Å². The van der Waals surface area contributed by atoms with Crippen molar-refractivity contribution in [2.24, 2.45) is 5.41 Å². The molecule has 1 aliphatic rings. The fraction of sp³-hybridized carbons (Fsp3) is 0.500. The maximum Gasteiger partial charge on any atom is 0.138 e. The summed E-state index contributed by atoms with van der Waals surface area (Å²) in [6, 6.07) is 5.63. The molecule has 2 atom stereocenters. The maximum atomic E-state index is 6.15. The Morgan fingerprint density at radius 3 is 2.62 bits per heavy atom. The molecule has 0 heterocycles. The van der Waals surface area contributed by atoms with Crippen LogP contribution in [0.25, 0.3) is 0 Å². The average molecular weight is 324 g/mol. The molecule has 0 radical (unpaired) electrons. The highest BCUT2D eigenvalue weighted by molar-refractivity contribution is 9.10. The molecule has 1 aliphatic carbocycles. The highest BCUT2D eigenvalue weighted by Gasteiger charge is 2.49. The lowest BCUT2D eigenvalue weighted by Gasteiger charge is -2.48. The molecular formula is C12H13BrCl2O. The third-order valence-electron chi connectivity index (χ3n) is 3.22. The zero-order valence-corrected chi connectivity index (χ0v) is 12.2. The summed E-state index contributed by atoms with van der Waals surface area (Å²) < 4.78 is 6.84. The highest BCUT2D eigenvalue weighted by atomic mass is 79.9. The molecule has 88 valence electrons. The first-order chi connectivity index (χ1) is 7.41. The molecule has 0 aromatic heterocycles. The minimum atomic E-state index is 0.0119. The molecule has 2 rings (SSSR count). The topological polar surface area (TPSA) is 9.23 Å². The van der Waals surface area contributed by atoms with Crippen LogP contribution >= 0.6 is 39.1 Å². The summed E-state index contributed by atoms with van der Waals surface area (Å²) in [5, 5.41) is 0.815. The van der Waals surface area contributed by atoms with E-state index < -0.39 is 0 Å². The van der Waals surface area contributed by atoms with Crippen LogP contribution in [0.4, 0.5) is 0 Å². The number of alkyl halides is 1. The van der Waals surface area contributed by atoms with E-state index >= 15 is 0 Å². The van der Waals surface area contributed by atoms with Gasteiger partial charge < -0.3 is 4.74 Å². The first-order valence-electron chi connectivity index (χ1n) is 5.17. The van der Waals surface area contributed by atoms with Gasteiger partial charge in [-0.15, -0.1) is 11.6 Å². The summed E-state index contributed by atoms with van der Waals surface area (Å²) in [6.07, 6.45) is 1.02. The van der Waals surface area contributed by atoms with Crippen LogP contribution in [0.5, 0.6) is 5.75 Å². The SMILES string of the molecule is CC1(C)C(Cl)CC1Oc1ccc(Br)cc1Cl. The molecular weight excluding hydrogens is 311 g/mol. The van der Waals surface area contributed by atoms with Gasteiger partial charge in [-0.1, -0.05) is 41.4 Å². The minimum Gasteiger partial charge on any atom is -0.488 e. The van der Waals surface area contributed by atoms with E-state index in [1.165, 1.54) is 0 Å². The van der Waals surface area contributed by atoms with Crippen LogP contribution < -0.4 is 4.74 Å². The molecule has 0 spiro atoms. The van der Waals surface area contributed by atoms with Crippen molar-refractivity contribution in [3.05, 3.63) is 27.7 Å². The fourth-order valence-corrected chi connectivity index (χ4v) is 2.78. The number of hydrogen-bond donors (Lipinski definition) is 0. The average Bonchev–Trinajstić information content (AvgIpc) is 2.21. The van der Waals surface area contributed by atoms with Gasteiger partial charge in [0.25, 0.3) is 0 Å². The first kappa shape index (κ1) is 12.5. The predicted molar refractivity (Wildman–Crippen MR) is 71.6 cm³/mol. The quantitative estimate of drug-likeness (QED) is 0.704. The van der Waals surface area contributed by atoms with E-state index in [9.17, 15) is 0 Å². The second kappa shape index (κ2) is 4.40. The van der Waals surface area contributed by atoms with E-state index in [0.717, 1.165) is 16.6 Å². The van der Waals surface area contributed by atoms with Gasteiger partial charge in [0.05, 0.1) is 5.02 Å². The number of hydrogen-bond acceptors (Lipinski definition) is 1. The largest absolute Gasteiger partial charge is 0.488 e. The third-order valence-corrected chi connectivity index (χ3v) is 4.75. The number of ether oxygens (including phenoxy) is 1. The van der Waals surface area contributed by atoms with Gasteiger partial charge in [-0.25, -0.2) is 0 Å². The minimum absolute atomic E-state index is 0.0119. The molecule has 16 heavy (non-hydrogen) atoms. The van der Waals surface area contributed by atoms with E-state index in [1.54, 1.807) is 0 Å². The lowest BCUT2D eigenvalue weighted by Crippen LogP contribution is -2.53. The van der Waals surface area contributed by atoms with Gasteiger partial charge in [0.15, 0.2) is 0 Å². The van der Waals surface area contributed by atoms with Gasteiger partial charge >= 0.3 is 0 Å². The normalized spacial score (nSPS) is 27.3. The van der Waals surface area contributed by atoms with Crippen LogP contribution in [-0.2, 0) is 0 Å². The molecule has 0 saturated heterocycles. The van der Waals surface area contributed by atoms with Crippen LogP contribution in [0.3, 0.4) is 0 Å². The van der Waals surface area contributed by atoms with E-state index in [2.05, 4.69) is 29.8 Å². The predicted octanol–water partition coefficient (Wildman–Crippen LogP) is 4.89. The lowest BCUT2D eigenvalue weighted by molar-refractivity contribution is -0.0129. The van der Waals surface area contributed by atoms with Crippen LogP contribution in [0, 0.1) is 5.41 Å². The molecule has 4 heteroatoms. The number of rotatable bonds is 2. The van der Waals surface area contributed by atoms with Gasteiger partial charge in [-0.3, -0.25) is 0 Å². The van der Waals surface area contributed by atoms with Crippen LogP contribution in [0.15, 0.2) is 22.7 Å². The maximum absolute atomic E-state index is 6.15. The molecule has 2 unspecified atom stereocenters. The summed E-state index contributed by atoms with van der Waals surface area (Å²) in [7, 11) is 0. The van der Waals surface area contributed by atoms with Crippen molar-refractivity contribution in [2.45, 2.75) is 31.7 Å². The second-order valence-corrected chi connectivity index (χ2v) is 6.56. The molecule has 1 aromatic carbocycles. The van der Waals surface area contributed by atoms with Crippen molar-refractivity contribution in [1.29, 1.82) is 0 Å². The molecule has 0 amide bonds. The second-order valence-electron chi connectivity index (χ2n) is 4.71. The van der Waals surface area contributed by atoms with Gasteiger partial charge in [0.1, 0.15) is 11.9 Å². The molecule has 0 N–H and O–H groups in total. The Balaban J connectivity index is 2.11. The monoisotopic (exact) mass is 322 g/mol. The van der Waals surface area contributed by atoms with Crippen molar-refractivity contribution in [3.8, 4) is 5.75 Å². The van der Waals surface area contributed by atoms with Crippen molar-refractivity contribution >= 4 is 39.1 Å². The van der Waals surface area contributed by atoms with E-state index in [4.69, 9.17) is 27.9 Å². The summed E-state index contributed by atoms with van der Waals surface area (Å²) in [5.74, 6) is 0.728.